The largest absolute Gasteiger partial charge is 0.484 e. The second kappa shape index (κ2) is 10.2. The van der Waals surface area contributed by atoms with Gasteiger partial charge in [-0.25, -0.2) is 0 Å². The molecule has 5 nitrogen and oxygen atoms in total. The lowest BCUT2D eigenvalue weighted by Gasteiger charge is -2.32. The molecule has 0 radical (unpaired) electrons. The van der Waals surface area contributed by atoms with Gasteiger partial charge in [-0.15, -0.1) is 0 Å². The van der Waals surface area contributed by atoms with Crippen molar-refractivity contribution in [1.29, 1.82) is 0 Å². The lowest BCUT2D eigenvalue weighted by Crippen LogP contribution is -2.57. The molecule has 0 saturated carbocycles. The van der Waals surface area contributed by atoms with Crippen molar-refractivity contribution in [2.24, 2.45) is 5.10 Å². The molecule has 2 aromatic carbocycles. The van der Waals surface area contributed by atoms with Crippen molar-refractivity contribution in [3.8, 4) is 5.75 Å². The highest BCUT2D eigenvalue weighted by Gasteiger charge is 2.63. The molecule has 2 aromatic rings. The van der Waals surface area contributed by atoms with Gasteiger partial charge in [0.15, 0.2) is 6.61 Å². The highest BCUT2D eigenvalue weighted by molar-refractivity contribution is 5.91. The van der Waals surface area contributed by atoms with Crippen molar-refractivity contribution < 1.29 is 27.8 Å². The molecule has 1 N–H and O–H groups in total. The lowest BCUT2D eigenvalue weighted by molar-refractivity contribution is -0.302. The van der Waals surface area contributed by atoms with Crippen LogP contribution in [0.15, 0.2) is 59.7 Å². The summed E-state index contributed by atoms with van der Waals surface area (Å²) in [4.78, 5) is 12.6. The molecule has 1 amide bonds. The highest BCUT2D eigenvalue weighted by atomic mass is 19.4. The van der Waals surface area contributed by atoms with Gasteiger partial charge in [0.2, 0.25) is 0 Å². The van der Waals surface area contributed by atoms with Crippen LogP contribution in [0.3, 0.4) is 0 Å². The fourth-order valence-corrected chi connectivity index (χ4v) is 4.01. The number of hydrogen-bond donors (Lipinski definition) is 1. The number of amides is 1. The Morgan fingerprint density at radius 2 is 1.68 bits per heavy atom. The Morgan fingerprint density at radius 3 is 2.26 bits per heavy atom. The molecule has 3 rings (SSSR count). The second-order valence-corrected chi connectivity index (χ2v) is 9.12. The van der Waals surface area contributed by atoms with Crippen LogP contribution >= 0.6 is 0 Å². The van der Waals surface area contributed by atoms with E-state index in [9.17, 15) is 23.1 Å². The number of rotatable bonds is 9. The maximum absolute atomic E-state index is 13.6. The van der Waals surface area contributed by atoms with Crippen LogP contribution < -0.4 is 4.74 Å². The molecule has 184 valence electrons. The van der Waals surface area contributed by atoms with Crippen molar-refractivity contribution >= 4 is 11.6 Å². The average Bonchev–Trinajstić information content (AvgIpc) is 3.16. The Kier molecular flexibility index (Phi) is 7.70. The van der Waals surface area contributed by atoms with Gasteiger partial charge in [0.05, 0.1) is 0 Å². The molecule has 1 atom stereocenters. The third-order valence-corrected chi connectivity index (χ3v) is 6.24. The number of carbonyl (C=O) groups excluding carboxylic acids is 1. The first-order valence-corrected chi connectivity index (χ1v) is 11.5. The van der Waals surface area contributed by atoms with E-state index in [0.29, 0.717) is 18.6 Å². The maximum Gasteiger partial charge on any atom is 0.438 e. The molecule has 0 spiro atoms. The van der Waals surface area contributed by atoms with E-state index in [1.54, 1.807) is 12.1 Å². The lowest BCUT2D eigenvalue weighted by atomic mass is 9.78. The van der Waals surface area contributed by atoms with Crippen LogP contribution in [0.4, 0.5) is 13.2 Å². The van der Waals surface area contributed by atoms with E-state index in [4.69, 9.17) is 4.74 Å². The zero-order valence-electron chi connectivity index (χ0n) is 19.7. The van der Waals surface area contributed by atoms with Crippen molar-refractivity contribution in [3.63, 3.8) is 0 Å². The topological polar surface area (TPSA) is 62.1 Å². The Balaban J connectivity index is 1.68. The van der Waals surface area contributed by atoms with Gasteiger partial charge in [-0.1, -0.05) is 76.1 Å². The number of hydrazone groups is 1. The number of alkyl halides is 3. The summed E-state index contributed by atoms with van der Waals surface area (Å²) in [6.07, 6.45) is -3.10. The molecule has 1 aliphatic rings. The number of unbranched alkanes of at least 4 members (excludes halogenated alkanes) is 2. The van der Waals surface area contributed by atoms with E-state index in [0.717, 1.165) is 24.0 Å². The Bertz CT molecular complexity index is 1000. The fraction of sp³-hybridized carbons (Fsp3) is 0.462. The van der Waals surface area contributed by atoms with Crippen LogP contribution in [0.25, 0.3) is 0 Å². The predicted molar refractivity (Wildman–Crippen MR) is 125 cm³/mol. The van der Waals surface area contributed by atoms with Crippen LogP contribution in [-0.2, 0) is 10.2 Å². The quantitative estimate of drug-likeness (QED) is 0.465. The molecule has 0 fully saturated rings. The first kappa shape index (κ1) is 25.7. The zero-order chi connectivity index (χ0) is 25.0. The summed E-state index contributed by atoms with van der Waals surface area (Å²) in [5, 5.41) is 14.3. The molecule has 0 saturated heterocycles. The van der Waals surface area contributed by atoms with Gasteiger partial charge in [0, 0.05) is 17.5 Å². The number of benzene rings is 2. The van der Waals surface area contributed by atoms with Crippen molar-refractivity contribution in [1.82, 2.24) is 5.01 Å². The molecular weight excluding hydrogens is 445 g/mol. The molecule has 34 heavy (non-hydrogen) atoms. The first-order valence-electron chi connectivity index (χ1n) is 11.5. The summed E-state index contributed by atoms with van der Waals surface area (Å²) >= 11 is 0. The summed E-state index contributed by atoms with van der Waals surface area (Å²) in [5.74, 6) is -0.720. The van der Waals surface area contributed by atoms with Gasteiger partial charge in [-0.2, -0.15) is 23.3 Å². The van der Waals surface area contributed by atoms with Gasteiger partial charge in [0.1, 0.15) is 5.75 Å². The van der Waals surface area contributed by atoms with Crippen LogP contribution in [0.5, 0.6) is 5.75 Å². The highest BCUT2D eigenvalue weighted by Crippen LogP contribution is 2.41. The third kappa shape index (κ3) is 5.43. The molecule has 1 heterocycles. The number of hydrogen-bond acceptors (Lipinski definition) is 4. The molecule has 1 aliphatic heterocycles. The van der Waals surface area contributed by atoms with Crippen molar-refractivity contribution in [2.75, 3.05) is 6.61 Å². The molecule has 8 heteroatoms. The first-order chi connectivity index (χ1) is 16.0. The number of carbonyl (C=O) groups is 1. The van der Waals surface area contributed by atoms with Gasteiger partial charge in [-0.05, 0) is 36.1 Å². The van der Waals surface area contributed by atoms with E-state index >= 15 is 0 Å². The number of ether oxygens (including phenoxy) is 1. The van der Waals surface area contributed by atoms with Gasteiger partial charge < -0.3 is 9.84 Å². The van der Waals surface area contributed by atoms with E-state index in [2.05, 4.69) is 18.9 Å². The average molecular weight is 477 g/mol. The monoisotopic (exact) mass is 476 g/mol. The molecule has 0 aliphatic carbocycles. The minimum atomic E-state index is -5.04. The van der Waals surface area contributed by atoms with Crippen LogP contribution in [0.1, 0.15) is 64.0 Å². The van der Waals surface area contributed by atoms with E-state index in [-0.39, 0.29) is 16.1 Å². The summed E-state index contributed by atoms with van der Waals surface area (Å²) < 4.78 is 46.3. The SMILES string of the molecule is CCCCCC1=NN(C(=O)COc2ccc(C(C)(C)c3ccccc3)cc2)[C@](O)(C(F)(F)F)C1. The predicted octanol–water partition coefficient (Wildman–Crippen LogP) is 5.81. The van der Waals surface area contributed by atoms with Crippen LogP contribution in [-0.4, -0.2) is 40.2 Å². The standard InChI is InChI=1S/C26H31F3N2O3/c1-4-5-7-12-21-17-25(33,26(27,28)29)31(30-21)23(32)18-34-22-15-13-20(14-16-22)24(2,3)19-10-8-6-9-11-19/h6,8-11,13-16,33H,4-5,7,12,17-18H2,1-3H3/t25-/m1/s1. The van der Waals surface area contributed by atoms with Gasteiger partial charge in [0.25, 0.3) is 11.6 Å². The summed E-state index contributed by atoms with van der Waals surface area (Å²) in [7, 11) is 0. The maximum atomic E-state index is 13.6. The van der Waals surface area contributed by atoms with E-state index in [1.807, 2.05) is 49.4 Å². The van der Waals surface area contributed by atoms with Gasteiger partial charge >= 0.3 is 6.18 Å². The van der Waals surface area contributed by atoms with E-state index < -0.39 is 30.8 Å². The summed E-state index contributed by atoms with van der Waals surface area (Å²) in [6.45, 7) is 5.47. The normalized spacial score (nSPS) is 18.7. The number of nitrogens with zero attached hydrogens (tertiary/aromatic N) is 2. The Morgan fingerprint density at radius 1 is 1.06 bits per heavy atom. The summed E-state index contributed by atoms with van der Waals surface area (Å²) in [6, 6.07) is 17.0. The summed E-state index contributed by atoms with van der Waals surface area (Å²) in [5.41, 5.74) is -1.30. The molecule has 0 bridgehead atoms. The third-order valence-electron chi connectivity index (χ3n) is 6.24. The van der Waals surface area contributed by atoms with E-state index in [1.165, 1.54) is 0 Å². The molecule has 0 unspecified atom stereocenters. The van der Waals surface area contributed by atoms with Crippen LogP contribution in [0, 0.1) is 0 Å². The smallest absolute Gasteiger partial charge is 0.438 e. The van der Waals surface area contributed by atoms with Crippen molar-refractivity contribution in [3.05, 3.63) is 65.7 Å². The Hall–Kier alpha value is -2.87. The van der Waals surface area contributed by atoms with Crippen molar-refractivity contribution in [2.45, 2.75) is 70.2 Å². The Labute approximate surface area is 198 Å². The van der Waals surface area contributed by atoms with Gasteiger partial charge in [-0.3, -0.25) is 4.79 Å². The molecule has 0 aromatic heterocycles. The fourth-order valence-electron chi connectivity index (χ4n) is 4.01. The molecular formula is C26H31F3N2O3. The zero-order valence-corrected chi connectivity index (χ0v) is 19.7. The number of aliphatic hydroxyl groups is 1. The number of halogens is 3. The minimum absolute atomic E-state index is 0.140. The minimum Gasteiger partial charge on any atom is -0.484 e. The van der Waals surface area contributed by atoms with Crippen LogP contribution in [0.2, 0.25) is 0 Å². The second-order valence-electron chi connectivity index (χ2n) is 9.12.